The summed E-state index contributed by atoms with van der Waals surface area (Å²) in [5, 5.41) is 0. The molecule has 1 aromatic carbocycles. The minimum atomic E-state index is 0.0380. The lowest BCUT2D eigenvalue weighted by Crippen LogP contribution is -2.24. The molecule has 0 aromatic heterocycles. The molecule has 1 heterocycles. The van der Waals surface area contributed by atoms with Crippen LogP contribution < -0.4 is 5.73 Å². The molecule has 0 bridgehead atoms. The molecule has 0 fully saturated rings. The third-order valence-corrected chi connectivity index (χ3v) is 2.97. The van der Waals surface area contributed by atoms with Gasteiger partial charge >= 0.3 is 0 Å². The molecule has 1 atom stereocenters. The maximum Gasteiger partial charge on any atom is 0.0721 e. The highest BCUT2D eigenvalue weighted by atomic mass is 16.5. The predicted octanol–water partition coefficient (Wildman–Crippen LogP) is 2.51. The number of fused-ring (bicyclic) bond motifs is 1. The van der Waals surface area contributed by atoms with Crippen molar-refractivity contribution < 1.29 is 4.74 Å². The van der Waals surface area contributed by atoms with Gasteiger partial charge in [0, 0.05) is 0 Å². The summed E-state index contributed by atoms with van der Waals surface area (Å²) in [5.41, 5.74) is 10.1. The van der Waals surface area contributed by atoms with E-state index in [1.807, 2.05) is 0 Å². The molecule has 2 nitrogen and oxygen atoms in total. The molecule has 0 unspecified atom stereocenters. The van der Waals surface area contributed by atoms with Gasteiger partial charge in [0.1, 0.15) is 0 Å². The zero-order chi connectivity index (χ0) is 11.1. The van der Waals surface area contributed by atoms with E-state index in [1.54, 1.807) is 0 Å². The maximum atomic E-state index is 6.03. The first-order valence-electron chi connectivity index (χ1n) is 5.45. The van der Waals surface area contributed by atoms with E-state index in [1.165, 1.54) is 16.7 Å². The average Bonchev–Trinajstić information content (AvgIpc) is 2.16. The van der Waals surface area contributed by atoms with Crippen molar-refractivity contribution in [3.63, 3.8) is 0 Å². The molecule has 1 aliphatic rings. The largest absolute Gasteiger partial charge is 0.375 e. The van der Waals surface area contributed by atoms with Gasteiger partial charge in [-0.3, -0.25) is 0 Å². The second kappa shape index (κ2) is 3.62. The molecule has 0 amide bonds. The Bertz CT molecular complexity index is 365. The fraction of sp³-hybridized carbons (Fsp3) is 0.538. The summed E-state index contributed by atoms with van der Waals surface area (Å²) in [7, 11) is 0. The molecule has 1 aromatic rings. The molecule has 0 saturated carbocycles. The second-order valence-electron chi connectivity index (χ2n) is 5.29. The van der Waals surface area contributed by atoms with Crippen LogP contribution in [0.2, 0.25) is 0 Å². The van der Waals surface area contributed by atoms with Crippen LogP contribution in [0.4, 0.5) is 0 Å². The lowest BCUT2D eigenvalue weighted by Gasteiger charge is -2.26. The van der Waals surface area contributed by atoms with Crippen molar-refractivity contribution in [3.8, 4) is 0 Å². The summed E-state index contributed by atoms with van der Waals surface area (Å²) in [6.45, 7) is 8.01. The Morgan fingerprint density at radius 3 is 2.73 bits per heavy atom. The van der Waals surface area contributed by atoms with E-state index in [0.29, 0.717) is 13.2 Å². The van der Waals surface area contributed by atoms with Crippen molar-refractivity contribution in [2.75, 3.05) is 6.61 Å². The van der Waals surface area contributed by atoms with E-state index in [4.69, 9.17) is 10.5 Å². The van der Waals surface area contributed by atoms with Crippen LogP contribution in [0.15, 0.2) is 18.2 Å². The standard InChI is InChI=1S/C13H19NO/c1-13(2,3)10-5-4-9-7-15-8-12(14)11(9)6-10/h4-6,12H,7-8,14H2,1-3H3/t12-/m0/s1. The summed E-state index contributed by atoms with van der Waals surface area (Å²) in [6.07, 6.45) is 0. The molecule has 2 heteroatoms. The summed E-state index contributed by atoms with van der Waals surface area (Å²) < 4.78 is 5.41. The fourth-order valence-corrected chi connectivity index (χ4v) is 1.92. The molecular weight excluding hydrogens is 186 g/mol. The lowest BCUT2D eigenvalue weighted by molar-refractivity contribution is 0.0923. The zero-order valence-electron chi connectivity index (χ0n) is 9.71. The van der Waals surface area contributed by atoms with Gasteiger partial charge in [0.25, 0.3) is 0 Å². The lowest BCUT2D eigenvalue weighted by atomic mass is 9.84. The van der Waals surface area contributed by atoms with Crippen LogP contribution in [-0.4, -0.2) is 6.61 Å². The molecule has 0 spiro atoms. The molecule has 0 radical (unpaired) electrons. The predicted molar refractivity (Wildman–Crippen MR) is 61.7 cm³/mol. The molecule has 0 saturated heterocycles. The third-order valence-electron chi connectivity index (χ3n) is 2.97. The summed E-state index contributed by atoms with van der Waals surface area (Å²) in [4.78, 5) is 0. The van der Waals surface area contributed by atoms with E-state index < -0.39 is 0 Å². The number of rotatable bonds is 0. The van der Waals surface area contributed by atoms with Crippen molar-refractivity contribution in [2.24, 2.45) is 5.73 Å². The van der Waals surface area contributed by atoms with Gasteiger partial charge in [-0.1, -0.05) is 39.0 Å². The number of benzene rings is 1. The Hall–Kier alpha value is -0.860. The van der Waals surface area contributed by atoms with Crippen LogP contribution in [0.25, 0.3) is 0 Å². The first-order chi connectivity index (χ1) is 6.98. The fourth-order valence-electron chi connectivity index (χ4n) is 1.92. The molecule has 1 aliphatic heterocycles. The van der Waals surface area contributed by atoms with Gasteiger partial charge < -0.3 is 10.5 Å². The van der Waals surface area contributed by atoms with Gasteiger partial charge in [-0.05, 0) is 22.1 Å². The van der Waals surface area contributed by atoms with Gasteiger partial charge in [0.05, 0.1) is 19.3 Å². The third kappa shape index (κ3) is 2.06. The molecule has 82 valence electrons. The van der Waals surface area contributed by atoms with Crippen LogP contribution in [0, 0.1) is 0 Å². The molecule has 2 rings (SSSR count). The minimum Gasteiger partial charge on any atom is -0.375 e. The van der Waals surface area contributed by atoms with Gasteiger partial charge in [-0.15, -0.1) is 0 Å². The van der Waals surface area contributed by atoms with E-state index in [2.05, 4.69) is 39.0 Å². The highest BCUT2D eigenvalue weighted by Crippen LogP contribution is 2.29. The zero-order valence-corrected chi connectivity index (χ0v) is 9.71. The second-order valence-corrected chi connectivity index (χ2v) is 5.29. The van der Waals surface area contributed by atoms with Gasteiger partial charge in [0.15, 0.2) is 0 Å². The normalized spacial score (nSPS) is 21.2. The van der Waals surface area contributed by atoms with E-state index in [0.717, 1.165) is 0 Å². The molecule has 0 aliphatic carbocycles. The molecular formula is C13H19NO. The summed E-state index contributed by atoms with van der Waals surface area (Å²) in [5.74, 6) is 0. The van der Waals surface area contributed by atoms with Gasteiger partial charge in [-0.25, -0.2) is 0 Å². The SMILES string of the molecule is CC(C)(C)c1ccc2c(c1)[C@@H](N)COC2. The number of hydrogen-bond acceptors (Lipinski definition) is 2. The Morgan fingerprint density at radius 1 is 1.33 bits per heavy atom. The van der Waals surface area contributed by atoms with Crippen molar-refractivity contribution in [2.45, 2.75) is 38.8 Å². The maximum absolute atomic E-state index is 6.03. The smallest absolute Gasteiger partial charge is 0.0721 e. The van der Waals surface area contributed by atoms with Crippen molar-refractivity contribution in [1.29, 1.82) is 0 Å². The first kappa shape index (κ1) is 10.7. The molecule has 15 heavy (non-hydrogen) atoms. The van der Waals surface area contributed by atoms with E-state index >= 15 is 0 Å². The highest BCUT2D eigenvalue weighted by molar-refractivity contribution is 5.37. The Kier molecular flexibility index (Phi) is 2.57. The van der Waals surface area contributed by atoms with E-state index in [-0.39, 0.29) is 11.5 Å². The quantitative estimate of drug-likeness (QED) is 0.706. The Balaban J connectivity index is 2.44. The van der Waals surface area contributed by atoms with Crippen LogP contribution in [0.3, 0.4) is 0 Å². The summed E-state index contributed by atoms with van der Waals surface area (Å²) in [6, 6.07) is 6.61. The van der Waals surface area contributed by atoms with Crippen LogP contribution in [0.1, 0.15) is 43.5 Å². The topological polar surface area (TPSA) is 35.2 Å². The summed E-state index contributed by atoms with van der Waals surface area (Å²) >= 11 is 0. The van der Waals surface area contributed by atoms with Crippen LogP contribution in [0.5, 0.6) is 0 Å². The van der Waals surface area contributed by atoms with E-state index in [9.17, 15) is 0 Å². The Labute approximate surface area is 91.4 Å². The van der Waals surface area contributed by atoms with Gasteiger partial charge in [0.2, 0.25) is 0 Å². The highest BCUT2D eigenvalue weighted by Gasteiger charge is 2.20. The average molecular weight is 205 g/mol. The molecule has 2 N–H and O–H groups in total. The van der Waals surface area contributed by atoms with Crippen LogP contribution in [-0.2, 0) is 16.8 Å². The number of ether oxygens (including phenoxy) is 1. The Morgan fingerprint density at radius 2 is 2.07 bits per heavy atom. The minimum absolute atomic E-state index is 0.0380. The van der Waals surface area contributed by atoms with Gasteiger partial charge in [-0.2, -0.15) is 0 Å². The number of hydrogen-bond donors (Lipinski definition) is 1. The monoisotopic (exact) mass is 205 g/mol. The van der Waals surface area contributed by atoms with Crippen molar-refractivity contribution in [3.05, 3.63) is 34.9 Å². The first-order valence-corrected chi connectivity index (χ1v) is 5.45. The number of nitrogens with two attached hydrogens (primary N) is 1. The van der Waals surface area contributed by atoms with Crippen LogP contribution >= 0.6 is 0 Å². The van der Waals surface area contributed by atoms with Crippen molar-refractivity contribution >= 4 is 0 Å². The van der Waals surface area contributed by atoms with Crippen molar-refractivity contribution in [1.82, 2.24) is 0 Å².